The molecule has 164 valence electrons. The Hall–Kier alpha value is -2.87. The van der Waals surface area contributed by atoms with Gasteiger partial charge in [0.2, 0.25) is 10.0 Å². The number of sulfonamides is 2. The zero-order valence-electron chi connectivity index (χ0n) is 16.5. The first kappa shape index (κ1) is 21.4. The van der Waals surface area contributed by atoms with Gasteiger partial charge in [0.05, 0.1) is 23.0 Å². The number of ether oxygens (including phenoxy) is 1. The Labute approximate surface area is 179 Å². The first-order chi connectivity index (χ1) is 14.8. The molecular weight excluding hydrogens is 444 g/mol. The lowest BCUT2D eigenvalue weighted by atomic mass is 10.2. The summed E-state index contributed by atoms with van der Waals surface area (Å²) in [4.78, 5) is -0.0238. The van der Waals surface area contributed by atoms with Crippen molar-refractivity contribution in [2.24, 2.45) is 7.05 Å². The number of hydrogen-bond donors (Lipinski definition) is 1. The van der Waals surface area contributed by atoms with Gasteiger partial charge in [0, 0.05) is 31.4 Å². The van der Waals surface area contributed by atoms with Crippen LogP contribution in [0.15, 0.2) is 58.3 Å². The Morgan fingerprint density at radius 2 is 1.65 bits per heavy atom. The largest absolute Gasteiger partial charge is 0.379 e. The highest BCUT2D eigenvalue weighted by atomic mass is 32.2. The van der Waals surface area contributed by atoms with E-state index >= 15 is 0 Å². The van der Waals surface area contributed by atoms with E-state index in [2.05, 4.69) is 20.2 Å². The molecule has 0 unspecified atom stereocenters. The molecule has 1 aromatic heterocycles. The Morgan fingerprint density at radius 3 is 2.29 bits per heavy atom. The summed E-state index contributed by atoms with van der Waals surface area (Å²) >= 11 is 0. The van der Waals surface area contributed by atoms with Gasteiger partial charge >= 0.3 is 0 Å². The molecule has 3 aromatic rings. The summed E-state index contributed by atoms with van der Waals surface area (Å²) < 4.78 is 61.5. The molecule has 4 rings (SSSR count). The van der Waals surface area contributed by atoms with E-state index in [4.69, 9.17) is 4.74 Å². The summed E-state index contributed by atoms with van der Waals surface area (Å²) in [7, 11) is -5.95. The minimum absolute atomic E-state index is 0.0325. The van der Waals surface area contributed by atoms with Gasteiger partial charge in [0.25, 0.3) is 10.0 Å². The molecule has 0 atom stereocenters. The molecule has 1 saturated heterocycles. The van der Waals surface area contributed by atoms with Crippen molar-refractivity contribution < 1.29 is 21.6 Å². The summed E-state index contributed by atoms with van der Waals surface area (Å²) in [5, 5.41) is 11.2. The molecule has 13 heteroatoms. The highest BCUT2D eigenvalue weighted by Gasteiger charge is 2.27. The van der Waals surface area contributed by atoms with Gasteiger partial charge in [-0.2, -0.15) is 4.31 Å². The van der Waals surface area contributed by atoms with Crippen LogP contribution in [0.2, 0.25) is 0 Å². The fourth-order valence-electron chi connectivity index (χ4n) is 3.14. The number of nitrogens with zero attached hydrogens (tertiary/aromatic N) is 5. The number of nitrogens with one attached hydrogen (secondary N) is 1. The van der Waals surface area contributed by atoms with E-state index in [0.29, 0.717) is 30.3 Å². The second-order valence-corrected chi connectivity index (χ2v) is 10.4. The summed E-state index contributed by atoms with van der Waals surface area (Å²) in [5.74, 6) is 0.485. The van der Waals surface area contributed by atoms with Crippen molar-refractivity contribution in [3.05, 3.63) is 48.5 Å². The maximum atomic E-state index is 12.8. The van der Waals surface area contributed by atoms with E-state index in [1.807, 2.05) is 0 Å². The van der Waals surface area contributed by atoms with Gasteiger partial charge in [0.1, 0.15) is 0 Å². The van der Waals surface area contributed by atoms with Gasteiger partial charge in [-0.3, -0.25) is 4.72 Å². The van der Waals surface area contributed by atoms with Crippen LogP contribution < -0.4 is 4.72 Å². The van der Waals surface area contributed by atoms with Crippen LogP contribution in [0.25, 0.3) is 11.4 Å². The van der Waals surface area contributed by atoms with E-state index in [1.54, 1.807) is 31.3 Å². The topological polar surface area (TPSA) is 136 Å². The zero-order chi connectivity index (χ0) is 22.1. The van der Waals surface area contributed by atoms with Crippen molar-refractivity contribution in [3.8, 4) is 11.4 Å². The first-order valence-corrected chi connectivity index (χ1v) is 12.2. The molecule has 1 aliphatic heterocycles. The molecule has 2 heterocycles. The summed E-state index contributed by atoms with van der Waals surface area (Å²) in [6.45, 7) is 1.20. The quantitative estimate of drug-likeness (QED) is 0.563. The first-order valence-electron chi connectivity index (χ1n) is 9.31. The molecular formula is C18H20N6O5S2. The Kier molecular flexibility index (Phi) is 5.75. The van der Waals surface area contributed by atoms with Crippen LogP contribution in [0, 0.1) is 0 Å². The maximum Gasteiger partial charge on any atom is 0.261 e. The summed E-state index contributed by atoms with van der Waals surface area (Å²) in [6, 6.07) is 11.8. The van der Waals surface area contributed by atoms with Gasteiger partial charge in [0.15, 0.2) is 5.82 Å². The number of aryl methyl sites for hydroxylation is 1. The molecule has 0 amide bonds. The highest BCUT2D eigenvalue weighted by Crippen LogP contribution is 2.24. The number of benzene rings is 2. The second kappa shape index (κ2) is 8.34. The molecule has 2 aromatic carbocycles. The molecule has 0 radical (unpaired) electrons. The van der Waals surface area contributed by atoms with Gasteiger partial charge in [-0.25, -0.2) is 21.5 Å². The lowest BCUT2D eigenvalue weighted by molar-refractivity contribution is 0.0730. The molecule has 31 heavy (non-hydrogen) atoms. The van der Waals surface area contributed by atoms with Crippen LogP contribution in [0.4, 0.5) is 5.69 Å². The number of morpholine rings is 1. The molecule has 0 aliphatic carbocycles. The number of anilines is 1. The molecule has 1 fully saturated rings. The average molecular weight is 465 g/mol. The summed E-state index contributed by atoms with van der Waals surface area (Å²) in [5.41, 5.74) is 0.963. The standard InChI is InChI=1S/C18H20N6O5S2/c1-23-18(19-21-22-23)14-3-2-4-15(13-14)20-30(25,26)16-5-7-17(8-6-16)31(27,28)24-9-11-29-12-10-24/h2-8,13,20H,9-12H2,1H3. The predicted molar refractivity (Wildman–Crippen MR) is 111 cm³/mol. The fourth-order valence-corrected chi connectivity index (χ4v) is 5.59. The van der Waals surface area contributed by atoms with Crippen LogP contribution in [0.5, 0.6) is 0 Å². The maximum absolute atomic E-state index is 12.8. The number of hydrogen-bond acceptors (Lipinski definition) is 8. The van der Waals surface area contributed by atoms with E-state index in [1.165, 1.54) is 33.3 Å². The van der Waals surface area contributed by atoms with Gasteiger partial charge in [-0.15, -0.1) is 5.10 Å². The molecule has 0 saturated carbocycles. The lowest BCUT2D eigenvalue weighted by Crippen LogP contribution is -2.40. The summed E-state index contributed by atoms with van der Waals surface area (Å²) in [6.07, 6.45) is 0. The highest BCUT2D eigenvalue weighted by molar-refractivity contribution is 7.92. The van der Waals surface area contributed by atoms with Crippen LogP contribution in [0.3, 0.4) is 0 Å². The van der Waals surface area contributed by atoms with Crippen LogP contribution in [-0.4, -0.2) is 67.7 Å². The second-order valence-electron chi connectivity index (χ2n) is 6.80. The SMILES string of the molecule is Cn1nnnc1-c1cccc(NS(=O)(=O)c2ccc(S(=O)(=O)N3CCOCC3)cc2)c1. The number of tetrazole rings is 1. The van der Waals surface area contributed by atoms with Crippen molar-refractivity contribution in [1.29, 1.82) is 0 Å². The molecule has 1 N–H and O–H groups in total. The Bertz CT molecular complexity index is 1280. The van der Waals surface area contributed by atoms with Crippen LogP contribution in [0.1, 0.15) is 0 Å². The smallest absolute Gasteiger partial charge is 0.261 e. The van der Waals surface area contributed by atoms with E-state index in [9.17, 15) is 16.8 Å². The third-order valence-corrected chi connectivity index (χ3v) is 8.05. The third-order valence-electron chi connectivity index (χ3n) is 4.73. The molecule has 11 nitrogen and oxygen atoms in total. The van der Waals surface area contributed by atoms with Crippen LogP contribution >= 0.6 is 0 Å². The monoisotopic (exact) mass is 464 g/mol. The van der Waals surface area contributed by atoms with E-state index in [0.717, 1.165) is 0 Å². The molecule has 1 aliphatic rings. The van der Waals surface area contributed by atoms with Crippen molar-refractivity contribution in [2.75, 3.05) is 31.0 Å². The van der Waals surface area contributed by atoms with E-state index < -0.39 is 20.0 Å². The third kappa shape index (κ3) is 4.44. The van der Waals surface area contributed by atoms with Gasteiger partial charge in [-0.1, -0.05) is 12.1 Å². The number of rotatable bonds is 6. The predicted octanol–water partition coefficient (Wildman–Crippen LogP) is 0.699. The normalized spacial score (nSPS) is 15.6. The Balaban J connectivity index is 1.55. The zero-order valence-corrected chi connectivity index (χ0v) is 18.2. The minimum atomic E-state index is -3.93. The van der Waals surface area contributed by atoms with Gasteiger partial charge < -0.3 is 4.74 Å². The average Bonchev–Trinajstić information content (AvgIpc) is 3.20. The minimum Gasteiger partial charge on any atom is -0.379 e. The van der Waals surface area contributed by atoms with Crippen molar-refractivity contribution in [1.82, 2.24) is 24.5 Å². The Morgan fingerprint density at radius 1 is 0.968 bits per heavy atom. The van der Waals surface area contributed by atoms with Crippen molar-refractivity contribution in [2.45, 2.75) is 9.79 Å². The molecule has 0 bridgehead atoms. The molecule has 0 spiro atoms. The van der Waals surface area contributed by atoms with Crippen molar-refractivity contribution >= 4 is 25.7 Å². The number of aromatic nitrogens is 4. The lowest BCUT2D eigenvalue weighted by Gasteiger charge is -2.26. The van der Waals surface area contributed by atoms with E-state index in [-0.39, 0.29) is 22.9 Å². The van der Waals surface area contributed by atoms with Crippen molar-refractivity contribution in [3.63, 3.8) is 0 Å². The van der Waals surface area contributed by atoms with Gasteiger partial charge in [-0.05, 0) is 46.8 Å². The fraction of sp³-hybridized carbons (Fsp3) is 0.278. The van der Waals surface area contributed by atoms with Crippen LogP contribution in [-0.2, 0) is 31.8 Å².